The molecule has 114 valence electrons. The summed E-state index contributed by atoms with van der Waals surface area (Å²) in [5.74, 6) is -0.666. The third kappa shape index (κ3) is 3.40. The Balaban J connectivity index is 2.38. The molecule has 0 atom stereocenters. The van der Waals surface area contributed by atoms with Crippen LogP contribution in [0.3, 0.4) is 0 Å². The molecule has 4 heteroatoms. The van der Waals surface area contributed by atoms with E-state index in [1.54, 1.807) is 38.4 Å². The lowest BCUT2D eigenvalue weighted by Crippen LogP contribution is -2.46. The van der Waals surface area contributed by atoms with Gasteiger partial charge in [-0.05, 0) is 38.1 Å². The Morgan fingerprint density at radius 3 is 1.50 bits per heavy atom. The van der Waals surface area contributed by atoms with Crippen molar-refractivity contribution in [1.29, 1.82) is 0 Å². The number of nitrogens with zero attached hydrogens (tertiary/aromatic N) is 2. The van der Waals surface area contributed by atoms with Crippen molar-refractivity contribution in [2.45, 2.75) is 13.8 Å². The maximum atomic E-state index is 12.7. The van der Waals surface area contributed by atoms with Crippen molar-refractivity contribution in [2.75, 3.05) is 14.1 Å². The molecule has 0 radical (unpaired) electrons. The van der Waals surface area contributed by atoms with Crippen molar-refractivity contribution in [2.24, 2.45) is 0 Å². The summed E-state index contributed by atoms with van der Waals surface area (Å²) in [7, 11) is 3.36. The molecular weight excluding hydrogens is 276 g/mol. The molecule has 4 nitrogen and oxygen atoms in total. The van der Waals surface area contributed by atoms with Crippen LogP contribution in [-0.4, -0.2) is 35.9 Å². The van der Waals surface area contributed by atoms with Gasteiger partial charge in [-0.3, -0.25) is 9.59 Å². The summed E-state index contributed by atoms with van der Waals surface area (Å²) in [4.78, 5) is 25.4. The average molecular weight is 296 g/mol. The number of carbonyl (C=O) groups is 2. The normalized spacial score (nSPS) is 10.6. The van der Waals surface area contributed by atoms with Crippen molar-refractivity contribution in [3.05, 3.63) is 70.8 Å². The molecule has 0 N–H and O–H groups in total. The number of hydrazine groups is 1. The monoisotopic (exact) mass is 296 g/mol. The minimum absolute atomic E-state index is 0.333. The second-order valence-electron chi connectivity index (χ2n) is 5.51. The number of imide groups is 1. The molecule has 0 aliphatic heterocycles. The number of benzene rings is 2. The fraction of sp³-hybridized carbons (Fsp3) is 0.222. The Bertz CT molecular complexity index is 650. The van der Waals surface area contributed by atoms with Crippen LogP contribution in [0.2, 0.25) is 0 Å². The highest BCUT2D eigenvalue weighted by molar-refractivity contribution is 6.09. The summed E-state index contributed by atoms with van der Waals surface area (Å²) in [5, 5.41) is 2.67. The van der Waals surface area contributed by atoms with Crippen LogP contribution in [0.4, 0.5) is 0 Å². The number of hydrogen-bond acceptors (Lipinski definition) is 3. The van der Waals surface area contributed by atoms with E-state index in [-0.39, 0.29) is 11.8 Å². The van der Waals surface area contributed by atoms with Gasteiger partial charge in [-0.25, -0.2) is 10.0 Å². The molecule has 0 aliphatic rings. The first kappa shape index (κ1) is 15.9. The Hall–Kier alpha value is -2.46. The lowest BCUT2D eigenvalue weighted by atomic mass is 10.1. The van der Waals surface area contributed by atoms with Gasteiger partial charge in [0.05, 0.1) is 0 Å². The molecule has 0 heterocycles. The van der Waals surface area contributed by atoms with Crippen LogP contribution in [0.25, 0.3) is 0 Å². The number of aryl methyl sites for hydroxylation is 2. The molecule has 0 fully saturated rings. The fourth-order valence-electron chi connectivity index (χ4n) is 2.26. The van der Waals surface area contributed by atoms with Crippen LogP contribution >= 0.6 is 0 Å². The van der Waals surface area contributed by atoms with Gasteiger partial charge in [-0.15, -0.1) is 0 Å². The summed E-state index contributed by atoms with van der Waals surface area (Å²) < 4.78 is 0. The Morgan fingerprint density at radius 2 is 1.18 bits per heavy atom. The topological polar surface area (TPSA) is 40.6 Å². The summed E-state index contributed by atoms with van der Waals surface area (Å²) in [5.41, 5.74) is 2.95. The molecule has 22 heavy (non-hydrogen) atoms. The highest BCUT2D eigenvalue weighted by Gasteiger charge is 2.26. The highest BCUT2D eigenvalue weighted by atomic mass is 16.2. The van der Waals surface area contributed by atoms with E-state index in [0.717, 1.165) is 16.1 Å². The second-order valence-corrected chi connectivity index (χ2v) is 5.51. The molecule has 0 saturated heterocycles. The molecule has 0 bridgehead atoms. The lowest BCUT2D eigenvalue weighted by Gasteiger charge is -2.27. The van der Waals surface area contributed by atoms with Crippen LogP contribution in [0.1, 0.15) is 31.8 Å². The smallest absolute Gasteiger partial charge is 0.267 e. The van der Waals surface area contributed by atoms with E-state index < -0.39 is 0 Å². The number of hydrogen-bond donors (Lipinski definition) is 0. The van der Waals surface area contributed by atoms with E-state index in [1.165, 1.54) is 5.01 Å². The number of rotatable bonds is 3. The first-order valence-corrected chi connectivity index (χ1v) is 7.09. The van der Waals surface area contributed by atoms with E-state index >= 15 is 0 Å². The Morgan fingerprint density at radius 1 is 0.773 bits per heavy atom. The molecule has 0 unspecified atom stereocenters. The van der Waals surface area contributed by atoms with Gasteiger partial charge < -0.3 is 0 Å². The Kier molecular flexibility index (Phi) is 4.73. The standard InChI is InChI=1S/C18H20N2O2/c1-13-7-5-9-15(11-13)17(21)20(19(3)4)18(22)16-10-6-8-14(2)12-16/h5-12H,1-4H3. The first-order chi connectivity index (χ1) is 10.4. The predicted octanol–water partition coefficient (Wildman–Crippen LogP) is 3.06. The van der Waals surface area contributed by atoms with Gasteiger partial charge in [-0.1, -0.05) is 35.4 Å². The van der Waals surface area contributed by atoms with E-state index in [2.05, 4.69) is 0 Å². The second kappa shape index (κ2) is 6.54. The van der Waals surface area contributed by atoms with Crippen LogP contribution in [-0.2, 0) is 0 Å². The third-order valence-corrected chi connectivity index (χ3v) is 3.31. The van der Waals surface area contributed by atoms with E-state index in [0.29, 0.717) is 11.1 Å². The van der Waals surface area contributed by atoms with Crippen LogP contribution in [0.15, 0.2) is 48.5 Å². The van der Waals surface area contributed by atoms with Gasteiger partial charge in [0.2, 0.25) is 0 Å². The van der Waals surface area contributed by atoms with E-state index in [4.69, 9.17) is 0 Å². The van der Waals surface area contributed by atoms with Crippen molar-refractivity contribution in [3.63, 3.8) is 0 Å². The van der Waals surface area contributed by atoms with Crippen molar-refractivity contribution in [1.82, 2.24) is 10.0 Å². The van der Waals surface area contributed by atoms with Gasteiger partial charge in [0.15, 0.2) is 0 Å². The number of amides is 2. The zero-order valence-corrected chi connectivity index (χ0v) is 13.3. The predicted molar refractivity (Wildman–Crippen MR) is 86.5 cm³/mol. The van der Waals surface area contributed by atoms with Gasteiger partial charge >= 0.3 is 0 Å². The molecule has 0 aromatic heterocycles. The molecular formula is C18H20N2O2. The Labute approximate surface area is 130 Å². The van der Waals surface area contributed by atoms with Crippen LogP contribution < -0.4 is 0 Å². The minimum Gasteiger partial charge on any atom is -0.267 e. The summed E-state index contributed by atoms with van der Waals surface area (Å²) >= 11 is 0. The van der Waals surface area contributed by atoms with Crippen molar-refractivity contribution < 1.29 is 9.59 Å². The van der Waals surface area contributed by atoms with Gasteiger partial charge in [0.1, 0.15) is 0 Å². The maximum Gasteiger partial charge on any atom is 0.275 e. The van der Waals surface area contributed by atoms with Crippen molar-refractivity contribution in [3.8, 4) is 0 Å². The largest absolute Gasteiger partial charge is 0.275 e. The van der Waals surface area contributed by atoms with Gasteiger partial charge in [0, 0.05) is 25.2 Å². The first-order valence-electron chi connectivity index (χ1n) is 7.09. The zero-order valence-electron chi connectivity index (χ0n) is 13.3. The molecule has 2 aromatic rings. The average Bonchev–Trinajstić information content (AvgIpc) is 2.46. The van der Waals surface area contributed by atoms with Crippen molar-refractivity contribution >= 4 is 11.8 Å². The molecule has 0 saturated carbocycles. The minimum atomic E-state index is -0.333. The maximum absolute atomic E-state index is 12.7. The highest BCUT2D eigenvalue weighted by Crippen LogP contribution is 2.14. The molecule has 2 rings (SSSR count). The summed E-state index contributed by atoms with van der Waals surface area (Å²) in [6.07, 6.45) is 0. The number of carbonyl (C=O) groups excluding carboxylic acids is 2. The van der Waals surface area contributed by atoms with E-state index in [9.17, 15) is 9.59 Å². The quantitative estimate of drug-likeness (QED) is 0.645. The fourth-order valence-corrected chi connectivity index (χ4v) is 2.26. The van der Waals surface area contributed by atoms with Gasteiger partial charge in [0.25, 0.3) is 11.8 Å². The van der Waals surface area contributed by atoms with Crippen LogP contribution in [0, 0.1) is 13.8 Å². The SMILES string of the molecule is Cc1cccc(C(=O)N(C(=O)c2cccc(C)c2)N(C)C)c1. The molecule has 0 aliphatic carbocycles. The molecule has 0 spiro atoms. The van der Waals surface area contributed by atoms with Gasteiger partial charge in [-0.2, -0.15) is 0 Å². The van der Waals surface area contributed by atoms with Crippen LogP contribution in [0.5, 0.6) is 0 Å². The molecule has 2 amide bonds. The summed E-state index contributed by atoms with van der Waals surface area (Å²) in [6, 6.07) is 14.5. The third-order valence-electron chi connectivity index (χ3n) is 3.31. The zero-order chi connectivity index (χ0) is 16.3. The molecule has 2 aromatic carbocycles. The summed E-state index contributed by atoms with van der Waals surface area (Å²) in [6.45, 7) is 3.83. The lowest BCUT2D eigenvalue weighted by molar-refractivity contribution is 0.0189. The van der Waals surface area contributed by atoms with E-state index in [1.807, 2.05) is 38.1 Å².